The van der Waals surface area contributed by atoms with E-state index in [0.29, 0.717) is 18.2 Å². The molecular weight excluding hydrogens is 232 g/mol. The highest BCUT2D eigenvalue weighted by Crippen LogP contribution is 2.43. The zero-order chi connectivity index (χ0) is 12.6. The number of ether oxygens (including phenoxy) is 1. The first kappa shape index (κ1) is 13.0. The van der Waals surface area contributed by atoms with Crippen LogP contribution in [0.1, 0.15) is 43.9 Å². The molecular formula is C13H22N2OS. The van der Waals surface area contributed by atoms with Crippen LogP contribution < -0.4 is 5.32 Å². The molecule has 1 aliphatic rings. The second kappa shape index (κ2) is 4.67. The molecule has 3 unspecified atom stereocenters. The standard InChI is InChI=1S/C13H22N2OS/c1-8(10-7-17-9(2)15-10)14-11-6-12(16-5)13(11,3)4/h7-8,11-12,14H,6H2,1-5H3. The van der Waals surface area contributed by atoms with E-state index in [1.165, 1.54) is 0 Å². The van der Waals surface area contributed by atoms with E-state index >= 15 is 0 Å². The highest BCUT2D eigenvalue weighted by atomic mass is 32.1. The van der Waals surface area contributed by atoms with Gasteiger partial charge in [0.05, 0.1) is 16.8 Å². The average molecular weight is 254 g/mol. The van der Waals surface area contributed by atoms with Crippen molar-refractivity contribution in [1.29, 1.82) is 0 Å². The van der Waals surface area contributed by atoms with Crippen LogP contribution in [0, 0.1) is 12.3 Å². The summed E-state index contributed by atoms with van der Waals surface area (Å²) in [5.41, 5.74) is 1.37. The van der Waals surface area contributed by atoms with Crippen molar-refractivity contribution in [2.45, 2.75) is 52.3 Å². The fourth-order valence-electron chi connectivity index (χ4n) is 2.53. The Morgan fingerprint density at radius 2 is 2.29 bits per heavy atom. The van der Waals surface area contributed by atoms with Gasteiger partial charge in [-0.25, -0.2) is 4.98 Å². The Balaban J connectivity index is 1.95. The number of aryl methyl sites for hydroxylation is 1. The minimum atomic E-state index is 0.216. The lowest BCUT2D eigenvalue weighted by Gasteiger charge is -2.52. The van der Waals surface area contributed by atoms with Crippen LogP contribution in [0.3, 0.4) is 0 Å². The van der Waals surface area contributed by atoms with Gasteiger partial charge in [0, 0.05) is 30.0 Å². The van der Waals surface area contributed by atoms with Crippen LogP contribution >= 0.6 is 11.3 Å². The summed E-state index contributed by atoms with van der Waals surface area (Å²) in [6.45, 7) is 8.77. The fraction of sp³-hybridized carbons (Fsp3) is 0.769. The van der Waals surface area contributed by atoms with Gasteiger partial charge in [0.1, 0.15) is 0 Å². The van der Waals surface area contributed by atoms with E-state index in [1.807, 2.05) is 0 Å². The summed E-state index contributed by atoms with van der Waals surface area (Å²) >= 11 is 1.71. The van der Waals surface area contributed by atoms with Crippen molar-refractivity contribution in [3.05, 3.63) is 16.1 Å². The van der Waals surface area contributed by atoms with Gasteiger partial charge in [-0.15, -0.1) is 11.3 Å². The molecule has 1 aromatic rings. The smallest absolute Gasteiger partial charge is 0.0898 e. The monoisotopic (exact) mass is 254 g/mol. The van der Waals surface area contributed by atoms with E-state index < -0.39 is 0 Å². The van der Waals surface area contributed by atoms with Crippen LogP contribution in [0.4, 0.5) is 0 Å². The maximum atomic E-state index is 5.47. The van der Waals surface area contributed by atoms with Gasteiger partial charge < -0.3 is 10.1 Å². The Morgan fingerprint density at radius 1 is 1.59 bits per heavy atom. The first-order valence-electron chi connectivity index (χ1n) is 6.16. The Bertz CT molecular complexity index is 389. The third-order valence-electron chi connectivity index (χ3n) is 3.99. The van der Waals surface area contributed by atoms with E-state index in [-0.39, 0.29) is 5.41 Å². The minimum Gasteiger partial charge on any atom is -0.381 e. The van der Waals surface area contributed by atoms with Crippen molar-refractivity contribution in [3.63, 3.8) is 0 Å². The molecule has 2 rings (SSSR count). The third kappa shape index (κ3) is 2.39. The molecule has 0 amide bonds. The largest absolute Gasteiger partial charge is 0.381 e. The number of aromatic nitrogens is 1. The van der Waals surface area contributed by atoms with Crippen molar-refractivity contribution in [2.75, 3.05) is 7.11 Å². The van der Waals surface area contributed by atoms with Crippen LogP contribution in [0.15, 0.2) is 5.38 Å². The molecule has 0 aliphatic heterocycles. The van der Waals surface area contributed by atoms with E-state index in [0.717, 1.165) is 17.1 Å². The summed E-state index contributed by atoms with van der Waals surface area (Å²) in [6, 6.07) is 0.839. The highest BCUT2D eigenvalue weighted by Gasteiger charge is 2.48. The Labute approximate surface area is 108 Å². The number of hydrogen-bond donors (Lipinski definition) is 1. The van der Waals surface area contributed by atoms with Crippen LogP contribution in [0.2, 0.25) is 0 Å². The van der Waals surface area contributed by atoms with Gasteiger partial charge in [-0.3, -0.25) is 0 Å². The first-order valence-corrected chi connectivity index (χ1v) is 7.04. The number of methoxy groups -OCH3 is 1. The lowest BCUT2D eigenvalue weighted by Crippen LogP contribution is -2.60. The van der Waals surface area contributed by atoms with Gasteiger partial charge in [-0.05, 0) is 20.3 Å². The van der Waals surface area contributed by atoms with Gasteiger partial charge >= 0.3 is 0 Å². The lowest BCUT2D eigenvalue weighted by atomic mass is 9.64. The minimum absolute atomic E-state index is 0.216. The number of hydrogen-bond acceptors (Lipinski definition) is 4. The molecule has 1 saturated carbocycles. The zero-order valence-electron chi connectivity index (χ0n) is 11.3. The molecule has 0 aromatic carbocycles. The molecule has 96 valence electrons. The molecule has 0 bridgehead atoms. The molecule has 0 saturated heterocycles. The Kier molecular flexibility index (Phi) is 3.57. The number of rotatable bonds is 4. The quantitative estimate of drug-likeness (QED) is 0.897. The second-order valence-corrected chi connectivity index (χ2v) is 6.58. The zero-order valence-corrected chi connectivity index (χ0v) is 12.1. The van der Waals surface area contributed by atoms with Crippen molar-refractivity contribution in [2.24, 2.45) is 5.41 Å². The molecule has 3 nitrogen and oxygen atoms in total. The summed E-state index contributed by atoms with van der Waals surface area (Å²) in [4.78, 5) is 4.53. The van der Waals surface area contributed by atoms with Gasteiger partial charge in [0.25, 0.3) is 0 Å². The van der Waals surface area contributed by atoms with Gasteiger partial charge in [-0.2, -0.15) is 0 Å². The Hall–Kier alpha value is -0.450. The molecule has 1 aliphatic carbocycles. The summed E-state index contributed by atoms with van der Waals surface area (Å²) in [5, 5.41) is 6.95. The van der Waals surface area contributed by atoms with Gasteiger partial charge in [0.2, 0.25) is 0 Å². The molecule has 17 heavy (non-hydrogen) atoms. The van der Waals surface area contributed by atoms with Crippen molar-refractivity contribution < 1.29 is 4.74 Å². The van der Waals surface area contributed by atoms with Crippen LogP contribution in [-0.4, -0.2) is 24.2 Å². The second-order valence-electron chi connectivity index (χ2n) is 5.51. The summed E-state index contributed by atoms with van der Waals surface area (Å²) in [5.74, 6) is 0. The molecule has 0 radical (unpaired) electrons. The van der Waals surface area contributed by atoms with Gasteiger partial charge in [0.15, 0.2) is 0 Å². The van der Waals surface area contributed by atoms with Crippen molar-refractivity contribution in [3.8, 4) is 0 Å². The molecule has 4 heteroatoms. The third-order valence-corrected chi connectivity index (χ3v) is 4.79. The molecule has 0 spiro atoms. The maximum Gasteiger partial charge on any atom is 0.0898 e. The molecule has 3 atom stereocenters. The Morgan fingerprint density at radius 3 is 2.76 bits per heavy atom. The van der Waals surface area contributed by atoms with Crippen LogP contribution in [0.25, 0.3) is 0 Å². The van der Waals surface area contributed by atoms with Crippen molar-refractivity contribution >= 4 is 11.3 Å². The molecule has 1 fully saturated rings. The summed E-state index contributed by atoms with van der Waals surface area (Å²) < 4.78 is 5.47. The summed E-state index contributed by atoms with van der Waals surface area (Å²) in [6.07, 6.45) is 1.47. The maximum absolute atomic E-state index is 5.47. The summed E-state index contributed by atoms with van der Waals surface area (Å²) in [7, 11) is 1.80. The predicted octanol–water partition coefficient (Wildman–Crippen LogP) is 2.92. The van der Waals surface area contributed by atoms with Crippen LogP contribution in [0.5, 0.6) is 0 Å². The van der Waals surface area contributed by atoms with Crippen molar-refractivity contribution in [1.82, 2.24) is 10.3 Å². The van der Waals surface area contributed by atoms with Crippen LogP contribution in [-0.2, 0) is 4.74 Å². The fourth-order valence-corrected chi connectivity index (χ4v) is 3.24. The topological polar surface area (TPSA) is 34.1 Å². The molecule has 1 aromatic heterocycles. The predicted molar refractivity (Wildman–Crippen MR) is 71.4 cm³/mol. The highest BCUT2D eigenvalue weighted by molar-refractivity contribution is 7.09. The molecule has 1 N–H and O–H groups in total. The van der Waals surface area contributed by atoms with E-state index in [4.69, 9.17) is 4.74 Å². The first-order chi connectivity index (χ1) is 7.95. The number of thiazole rings is 1. The number of nitrogens with one attached hydrogen (secondary N) is 1. The average Bonchev–Trinajstić information content (AvgIpc) is 2.70. The van der Waals surface area contributed by atoms with Gasteiger partial charge in [-0.1, -0.05) is 13.8 Å². The number of nitrogens with zero attached hydrogens (tertiary/aromatic N) is 1. The van der Waals surface area contributed by atoms with E-state index in [2.05, 4.69) is 43.4 Å². The van der Waals surface area contributed by atoms with E-state index in [1.54, 1.807) is 18.4 Å². The van der Waals surface area contributed by atoms with E-state index in [9.17, 15) is 0 Å². The molecule has 1 heterocycles. The normalized spacial score (nSPS) is 28.8. The lowest BCUT2D eigenvalue weighted by molar-refractivity contribution is -0.1000. The SMILES string of the molecule is COC1CC(NC(C)c2csc(C)n2)C1(C)C.